The molecule has 0 fully saturated rings. The molecule has 0 aromatic heterocycles. The lowest BCUT2D eigenvalue weighted by Gasteiger charge is -2.15. The summed E-state index contributed by atoms with van der Waals surface area (Å²) in [4.78, 5) is 0. The third-order valence-electron chi connectivity index (χ3n) is 2.46. The molecule has 1 rings (SSSR count). The number of benzene rings is 1. The molecular formula is C13H20FN. The summed E-state index contributed by atoms with van der Waals surface area (Å²) < 4.78 is 13.6. The zero-order valence-corrected chi connectivity index (χ0v) is 9.97. The molecule has 0 saturated carbocycles. The van der Waals surface area contributed by atoms with Gasteiger partial charge in [-0.15, -0.1) is 0 Å². The van der Waals surface area contributed by atoms with Gasteiger partial charge in [-0.05, 0) is 17.5 Å². The maximum absolute atomic E-state index is 13.6. The molecule has 0 radical (unpaired) electrons. The second kappa shape index (κ2) is 5.26. The highest BCUT2D eigenvalue weighted by Crippen LogP contribution is 2.21. The molecule has 0 atom stereocenters. The van der Waals surface area contributed by atoms with Crippen LogP contribution in [0.5, 0.6) is 0 Å². The van der Waals surface area contributed by atoms with Gasteiger partial charge in [0.2, 0.25) is 0 Å². The molecule has 84 valence electrons. The Bertz CT molecular complexity index is 318. The minimum Gasteiger partial charge on any atom is -0.310 e. The van der Waals surface area contributed by atoms with Crippen molar-refractivity contribution in [2.45, 2.75) is 46.2 Å². The van der Waals surface area contributed by atoms with E-state index in [9.17, 15) is 4.39 Å². The fourth-order valence-corrected chi connectivity index (χ4v) is 1.61. The predicted octanol–water partition coefficient (Wildman–Crippen LogP) is 3.45. The summed E-state index contributed by atoms with van der Waals surface area (Å²) in [6.07, 6.45) is 0. The third kappa shape index (κ3) is 3.31. The van der Waals surface area contributed by atoms with Crippen LogP contribution in [0, 0.1) is 5.82 Å². The van der Waals surface area contributed by atoms with Gasteiger partial charge in [-0.25, -0.2) is 4.39 Å². The molecule has 0 spiro atoms. The van der Waals surface area contributed by atoms with Crippen LogP contribution in [0.15, 0.2) is 18.2 Å². The van der Waals surface area contributed by atoms with Crippen molar-refractivity contribution >= 4 is 0 Å². The Kier molecular flexibility index (Phi) is 4.28. The van der Waals surface area contributed by atoms with E-state index in [4.69, 9.17) is 0 Å². The Morgan fingerprint density at radius 1 is 1.20 bits per heavy atom. The summed E-state index contributed by atoms with van der Waals surface area (Å²) >= 11 is 0. The van der Waals surface area contributed by atoms with Crippen molar-refractivity contribution in [3.63, 3.8) is 0 Å². The molecule has 0 aliphatic heterocycles. The normalized spacial score (nSPS) is 11.4. The average molecular weight is 209 g/mol. The van der Waals surface area contributed by atoms with Crippen LogP contribution >= 0.6 is 0 Å². The van der Waals surface area contributed by atoms with Crippen LogP contribution in [0.2, 0.25) is 0 Å². The van der Waals surface area contributed by atoms with Crippen molar-refractivity contribution in [1.29, 1.82) is 0 Å². The molecule has 0 aliphatic rings. The van der Waals surface area contributed by atoms with Crippen molar-refractivity contribution < 1.29 is 4.39 Å². The first kappa shape index (κ1) is 12.2. The van der Waals surface area contributed by atoms with Gasteiger partial charge < -0.3 is 5.32 Å². The van der Waals surface area contributed by atoms with Crippen LogP contribution in [0.4, 0.5) is 4.39 Å². The first-order valence-corrected chi connectivity index (χ1v) is 5.53. The molecular weight excluding hydrogens is 189 g/mol. The number of hydrogen-bond acceptors (Lipinski definition) is 1. The van der Waals surface area contributed by atoms with Gasteiger partial charge >= 0.3 is 0 Å². The Morgan fingerprint density at radius 2 is 1.87 bits per heavy atom. The van der Waals surface area contributed by atoms with E-state index >= 15 is 0 Å². The van der Waals surface area contributed by atoms with E-state index in [1.165, 1.54) is 6.07 Å². The molecule has 0 bridgehead atoms. The van der Waals surface area contributed by atoms with Crippen LogP contribution in [-0.4, -0.2) is 6.04 Å². The summed E-state index contributed by atoms with van der Waals surface area (Å²) in [6.45, 7) is 8.92. The van der Waals surface area contributed by atoms with Gasteiger partial charge in [-0.2, -0.15) is 0 Å². The van der Waals surface area contributed by atoms with E-state index in [0.29, 0.717) is 18.5 Å². The standard InChI is InChI=1S/C13H20FN/c1-9(2)11-6-5-7-13(14)12(11)8-15-10(3)4/h5-7,9-10,15H,8H2,1-4H3. The lowest BCUT2D eigenvalue weighted by atomic mass is 9.96. The zero-order chi connectivity index (χ0) is 11.4. The molecule has 0 amide bonds. The first-order valence-electron chi connectivity index (χ1n) is 5.53. The molecule has 0 unspecified atom stereocenters. The van der Waals surface area contributed by atoms with E-state index in [2.05, 4.69) is 33.0 Å². The molecule has 1 aromatic carbocycles. The van der Waals surface area contributed by atoms with Gasteiger partial charge in [-0.3, -0.25) is 0 Å². The van der Waals surface area contributed by atoms with E-state index in [0.717, 1.165) is 11.1 Å². The van der Waals surface area contributed by atoms with Crippen molar-refractivity contribution in [3.05, 3.63) is 35.1 Å². The second-order valence-electron chi connectivity index (χ2n) is 4.50. The summed E-state index contributed by atoms with van der Waals surface area (Å²) in [5.74, 6) is 0.263. The highest BCUT2D eigenvalue weighted by Gasteiger charge is 2.10. The fraction of sp³-hybridized carbons (Fsp3) is 0.538. The molecule has 0 heterocycles. The Labute approximate surface area is 91.7 Å². The van der Waals surface area contributed by atoms with Crippen LogP contribution in [0.3, 0.4) is 0 Å². The number of hydrogen-bond donors (Lipinski definition) is 1. The van der Waals surface area contributed by atoms with Crippen molar-refractivity contribution in [2.75, 3.05) is 0 Å². The third-order valence-corrected chi connectivity index (χ3v) is 2.46. The van der Waals surface area contributed by atoms with E-state index < -0.39 is 0 Å². The lowest BCUT2D eigenvalue weighted by molar-refractivity contribution is 0.546. The van der Waals surface area contributed by atoms with E-state index in [1.54, 1.807) is 6.07 Å². The Balaban J connectivity index is 2.92. The van der Waals surface area contributed by atoms with Gasteiger partial charge in [0.15, 0.2) is 0 Å². The molecule has 2 heteroatoms. The number of rotatable bonds is 4. The second-order valence-corrected chi connectivity index (χ2v) is 4.50. The smallest absolute Gasteiger partial charge is 0.127 e. The van der Waals surface area contributed by atoms with Gasteiger partial charge in [0.25, 0.3) is 0 Å². The summed E-state index contributed by atoms with van der Waals surface area (Å²) in [5, 5.41) is 3.26. The Hall–Kier alpha value is -0.890. The van der Waals surface area contributed by atoms with Crippen molar-refractivity contribution in [3.8, 4) is 0 Å². The minimum absolute atomic E-state index is 0.102. The van der Waals surface area contributed by atoms with E-state index in [-0.39, 0.29) is 5.82 Å². The molecule has 15 heavy (non-hydrogen) atoms. The van der Waals surface area contributed by atoms with Gasteiger partial charge in [0.05, 0.1) is 0 Å². The summed E-state index contributed by atoms with van der Waals surface area (Å²) in [6, 6.07) is 5.70. The van der Waals surface area contributed by atoms with Gasteiger partial charge in [-0.1, -0.05) is 39.8 Å². The Morgan fingerprint density at radius 3 is 2.40 bits per heavy atom. The quantitative estimate of drug-likeness (QED) is 0.801. The molecule has 0 aliphatic carbocycles. The van der Waals surface area contributed by atoms with Gasteiger partial charge in [0, 0.05) is 18.2 Å². The van der Waals surface area contributed by atoms with Crippen LogP contribution in [0.25, 0.3) is 0 Å². The maximum Gasteiger partial charge on any atom is 0.127 e. The fourth-order valence-electron chi connectivity index (χ4n) is 1.61. The summed E-state index contributed by atoms with van der Waals surface area (Å²) in [5.41, 5.74) is 1.91. The molecule has 1 N–H and O–H groups in total. The predicted molar refractivity (Wildman–Crippen MR) is 62.5 cm³/mol. The lowest BCUT2D eigenvalue weighted by Crippen LogP contribution is -2.23. The largest absolute Gasteiger partial charge is 0.310 e. The monoisotopic (exact) mass is 209 g/mol. The summed E-state index contributed by atoms with van der Waals surface area (Å²) in [7, 11) is 0. The van der Waals surface area contributed by atoms with Gasteiger partial charge in [0.1, 0.15) is 5.82 Å². The zero-order valence-electron chi connectivity index (χ0n) is 9.97. The van der Waals surface area contributed by atoms with Crippen LogP contribution in [0.1, 0.15) is 44.7 Å². The molecule has 0 saturated heterocycles. The minimum atomic E-state index is -0.102. The highest BCUT2D eigenvalue weighted by molar-refractivity contribution is 5.31. The maximum atomic E-state index is 13.6. The SMILES string of the molecule is CC(C)NCc1c(F)cccc1C(C)C. The average Bonchev–Trinajstić information content (AvgIpc) is 2.15. The molecule has 1 aromatic rings. The van der Waals surface area contributed by atoms with Crippen molar-refractivity contribution in [2.24, 2.45) is 0 Å². The van der Waals surface area contributed by atoms with Crippen LogP contribution in [-0.2, 0) is 6.54 Å². The highest BCUT2D eigenvalue weighted by atomic mass is 19.1. The van der Waals surface area contributed by atoms with Crippen LogP contribution < -0.4 is 5.32 Å². The van der Waals surface area contributed by atoms with E-state index in [1.807, 2.05) is 6.07 Å². The number of halogens is 1. The van der Waals surface area contributed by atoms with Crippen molar-refractivity contribution in [1.82, 2.24) is 5.32 Å². The number of nitrogens with one attached hydrogen (secondary N) is 1. The topological polar surface area (TPSA) is 12.0 Å². The first-order chi connectivity index (χ1) is 7.02. The molecule has 1 nitrogen and oxygen atoms in total.